The van der Waals surface area contributed by atoms with Crippen LogP contribution in [0.15, 0.2) is 139 Å². The number of hydrogen-bond acceptors (Lipinski definition) is 10. The Morgan fingerprint density at radius 1 is 0.778 bits per heavy atom. The minimum Gasteiger partial charge on any atom is -0.497 e. The van der Waals surface area contributed by atoms with Crippen molar-refractivity contribution in [2.75, 3.05) is 39.3 Å². The van der Waals surface area contributed by atoms with E-state index in [2.05, 4.69) is 37.7 Å². The number of anilines is 1. The third kappa shape index (κ3) is 8.25. The zero-order valence-electron chi connectivity index (χ0n) is 34.8. The van der Waals surface area contributed by atoms with E-state index in [9.17, 15) is 14.4 Å². The third-order valence-electron chi connectivity index (χ3n) is 11.7. The Labute approximate surface area is 363 Å². The van der Waals surface area contributed by atoms with Crippen LogP contribution in [0.5, 0.6) is 11.5 Å². The van der Waals surface area contributed by atoms with Crippen LogP contribution in [0.1, 0.15) is 59.2 Å². The fourth-order valence-corrected chi connectivity index (χ4v) is 8.62. The molecular formula is C49H46N6O8. The lowest BCUT2D eigenvalue weighted by atomic mass is 9.80. The second-order valence-electron chi connectivity index (χ2n) is 15.4. The van der Waals surface area contributed by atoms with Crippen LogP contribution in [0.4, 0.5) is 10.7 Å². The maximum absolute atomic E-state index is 13.1. The Kier molecular flexibility index (Phi) is 11.7. The summed E-state index contributed by atoms with van der Waals surface area (Å²) in [6, 6.07) is 41.9. The van der Waals surface area contributed by atoms with E-state index in [-0.39, 0.29) is 55.3 Å². The molecule has 0 unspecified atom stereocenters. The van der Waals surface area contributed by atoms with E-state index >= 15 is 0 Å². The summed E-state index contributed by atoms with van der Waals surface area (Å²) in [6.45, 7) is 0.398. The Morgan fingerprint density at radius 3 is 2.02 bits per heavy atom. The quantitative estimate of drug-likeness (QED) is 0.0871. The first-order chi connectivity index (χ1) is 30.8. The normalized spacial score (nSPS) is 15.7. The molecule has 0 spiro atoms. The highest BCUT2D eigenvalue weighted by Gasteiger charge is 2.40. The Bertz CT molecular complexity index is 2700. The van der Waals surface area contributed by atoms with E-state index in [0.29, 0.717) is 12.8 Å². The number of amides is 2. The highest BCUT2D eigenvalue weighted by molar-refractivity contribution is 5.90. The minimum absolute atomic E-state index is 0.00871. The minimum atomic E-state index is -1.02. The number of carbonyl (C=O) groups is 2. The summed E-state index contributed by atoms with van der Waals surface area (Å²) in [5, 5.41) is 5.30. The van der Waals surface area contributed by atoms with Gasteiger partial charge in [0.1, 0.15) is 29.9 Å². The predicted octanol–water partition coefficient (Wildman–Crippen LogP) is 7.69. The van der Waals surface area contributed by atoms with E-state index in [1.54, 1.807) is 18.8 Å². The highest BCUT2D eigenvalue weighted by atomic mass is 16.6. The molecule has 0 radical (unpaired) electrons. The molecule has 1 aliphatic carbocycles. The lowest BCUT2D eigenvalue weighted by molar-refractivity contribution is -0.116. The molecule has 63 heavy (non-hydrogen) atoms. The molecule has 320 valence electrons. The Balaban J connectivity index is 0.844. The van der Waals surface area contributed by atoms with E-state index in [1.165, 1.54) is 6.33 Å². The van der Waals surface area contributed by atoms with E-state index < -0.39 is 29.4 Å². The van der Waals surface area contributed by atoms with Crippen LogP contribution >= 0.6 is 0 Å². The molecule has 3 heterocycles. The molecule has 1 saturated heterocycles. The summed E-state index contributed by atoms with van der Waals surface area (Å²) in [4.78, 5) is 50.3. The molecule has 3 N–H and O–H groups in total. The number of rotatable bonds is 15. The number of fused-ring (bicyclic) bond motifs is 4. The molecule has 14 nitrogen and oxygen atoms in total. The van der Waals surface area contributed by atoms with Gasteiger partial charge < -0.3 is 29.0 Å². The maximum Gasteiger partial charge on any atom is 0.407 e. The van der Waals surface area contributed by atoms with Gasteiger partial charge in [0.2, 0.25) is 11.9 Å². The first-order valence-electron chi connectivity index (χ1n) is 20.8. The number of benzene rings is 5. The van der Waals surface area contributed by atoms with Crippen molar-refractivity contribution >= 4 is 29.1 Å². The summed E-state index contributed by atoms with van der Waals surface area (Å²) in [5.74, 6) is 0.852. The van der Waals surface area contributed by atoms with Gasteiger partial charge in [0.05, 0.1) is 33.3 Å². The van der Waals surface area contributed by atoms with Gasteiger partial charge in [-0.25, -0.2) is 9.78 Å². The average Bonchev–Trinajstić information content (AvgIpc) is 4.06. The number of hydrogen-bond donors (Lipinski definition) is 3. The van der Waals surface area contributed by atoms with Crippen molar-refractivity contribution in [2.24, 2.45) is 0 Å². The molecule has 2 aliphatic rings. The molecule has 2 aromatic heterocycles. The highest BCUT2D eigenvalue weighted by Crippen LogP contribution is 2.45. The van der Waals surface area contributed by atoms with Gasteiger partial charge in [-0.05, 0) is 76.1 Å². The third-order valence-corrected chi connectivity index (χ3v) is 11.7. The van der Waals surface area contributed by atoms with Crippen molar-refractivity contribution in [1.82, 2.24) is 24.8 Å². The summed E-state index contributed by atoms with van der Waals surface area (Å²) in [5.41, 5.74) is 6.05. The monoisotopic (exact) mass is 846 g/mol. The van der Waals surface area contributed by atoms with Crippen LogP contribution in [0.25, 0.3) is 22.3 Å². The van der Waals surface area contributed by atoms with Crippen LogP contribution in [-0.4, -0.2) is 71.6 Å². The lowest BCUT2D eigenvalue weighted by Gasteiger charge is -2.37. The number of nitrogens with zero attached hydrogens (tertiary/aromatic N) is 3. The van der Waals surface area contributed by atoms with Crippen molar-refractivity contribution in [3.05, 3.63) is 172 Å². The molecule has 9 rings (SSSR count). The second-order valence-corrected chi connectivity index (χ2v) is 15.4. The second kappa shape index (κ2) is 18.0. The maximum atomic E-state index is 13.1. The van der Waals surface area contributed by atoms with Crippen LogP contribution in [-0.2, 0) is 24.6 Å². The molecule has 5 aromatic carbocycles. The number of H-pyrrole nitrogens is 1. The Hall–Kier alpha value is -7.29. The molecule has 1 fully saturated rings. The first kappa shape index (κ1) is 41.1. The fourth-order valence-electron chi connectivity index (χ4n) is 8.62. The smallest absolute Gasteiger partial charge is 0.407 e. The van der Waals surface area contributed by atoms with Crippen molar-refractivity contribution in [2.45, 2.75) is 43.1 Å². The van der Waals surface area contributed by atoms with Crippen molar-refractivity contribution in [1.29, 1.82) is 0 Å². The van der Waals surface area contributed by atoms with E-state index in [1.807, 2.05) is 115 Å². The fraction of sp³-hybridized carbons (Fsp3) is 0.245. The van der Waals surface area contributed by atoms with Gasteiger partial charge in [0, 0.05) is 18.9 Å². The number of nitrogens with one attached hydrogen (secondary N) is 3. The van der Waals surface area contributed by atoms with Crippen LogP contribution in [0.2, 0.25) is 0 Å². The van der Waals surface area contributed by atoms with E-state index in [4.69, 9.17) is 23.7 Å². The van der Waals surface area contributed by atoms with Crippen LogP contribution in [0.3, 0.4) is 0 Å². The molecule has 2 amide bonds. The molecule has 14 heteroatoms. The van der Waals surface area contributed by atoms with Gasteiger partial charge in [0.15, 0.2) is 11.2 Å². The van der Waals surface area contributed by atoms with Gasteiger partial charge in [-0.2, -0.15) is 4.98 Å². The SMILES string of the molecule is COc1ccc(C(OC[C@@H]2CC[C@H](n3cnc4c(=O)[nH]c(NC(=O)CCNC(=O)OCC5c6ccccc6-c6ccccc65)nc43)O2)(c2ccccc2)c2ccc(OC)cc2)cc1. The zero-order valence-corrected chi connectivity index (χ0v) is 34.8. The predicted molar refractivity (Wildman–Crippen MR) is 236 cm³/mol. The molecule has 1 aliphatic heterocycles. The Morgan fingerprint density at radius 2 is 1.38 bits per heavy atom. The van der Waals surface area contributed by atoms with Gasteiger partial charge >= 0.3 is 6.09 Å². The topological polar surface area (TPSA) is 168 Å². The molecular weight excluding hydrogens is 801 g/mol. The summed E-state index contributed by atoms with van der Waals surface area (Å²) in [6.07, 6.45) is 1.23. The number of alkyl carbamates (subject to hydrolysis) is 1. The van der Waals surface area contributed by atoms with Gasteiger partial charge in [-0.15, -0.1) is 0 Å². The number of aromatic nitrogens is 4. The van der Waals surface area contributed by atoms with Gasteiger partial charge in [-0.3, -0.25) is 24.5 Å². The van der Waals surface area contributed by atoms with Gasteiger partial charge in [0.25, 0.3) is 5.56 Å². The molecule has 0 bridgehead atoms. The summed E-state index contributed by atoms with van der Waals surface area (Å²) < 4.78 is 31.9. The van der Waals surface area contributed by atoms with Crippen molar-refractivity contribution < 1.29 is 33.3 Å². The number of carbonyl (C=O) groups excluding carboxylic acids is 2. The molecule has 2 atom stereocenters. The number of methoxy groups -OCH3 is 2. The summed E-state index contributed by atoms with van der Waals surface area (Å²) >= 11 is 0. The average molecular weight is 847 g/mol. The standard InChI is InChI=1S/C49H46N6O8/c1-59-34-20-16-32(17-21-34)49(31-10-4-3-5-11-31,33-18-22-35(60-2)23-19-33)62-28-36-24-25-43(63-36)55-30-51-44-45(55)53-47(54-46(44)57)52-42(56)26-27-50-48(58)61-29-41-39-14-8-6-12-37(39)38-13-7-9-15-40(38)41/h3-23,30,36,41,43H,24-29H2,1-2H3,(H,50,58)(H2,52,53,54,56,57)/t36-,43+/m0/s1. The number of ether oxygens (including phenoxy) is 5. The van der Waals surface area contributed by atoms with Crippen molar-refractivity contribution in [3.63, 3.8) is 0 Å². The number of imidazole rings is 1. The largest absolute Gasteiger partial charge is 0.497 e. The van der Waals surface area contributed by atoms with Crippen LogP contribution < -0.4 is 25.7 Å². The summed E-state index contributed by atoms with van der Waals surface area (Å²) in [7, 11) is 3.27. The van der Waals surface area contributed by atoms with Crippen molar-refractivity contribution in [3.8, 4) is 22.6 Å². The first-order valence-corrected chi connectivity index (χ1v) is 20.8. The van der Waals surface area contributed by atoms with Crippen LogP contribution in [0, 0.1) is 0 Å². The zero-order chi connectivity index (χ0) is 43.3. The molecule has 0 saturated carbocycles. The van der Waals surface area contributed by atoms with E-state index in [0.717, 1.165) is 50.4 Å². The van der Waals surface area contributed by atoms with Gasteiger partial charge in [-0.1, -0.05) is 103 Å². The number of aromatic amines is 1. The molecule has 7 aromatic rings. The lowest BCUT2D eigenvalue weighted by Crippen LogP contribution is -2.35.